The standard InChI is InChI=1S/Co.Fe.Na.Ni.H. The molecular weight excluding hydrogens is 196 g/mol. The molecule has 4 heavy (non-hydrogen) atoms. The maximum absolute atomic E-state index is 0. The predicted octanol–water partition coefficient (Wildman–Crippen LogP) is -0.656. The van der Waals surface area contributed by atoms with Crippen LogP contribution in [0.2, 0.25) is 0 Å². The van der Waals surface area contributed by atoms with E-state index in [0.717, 1.165) is 0 Å². The van der Waals surface area contributed by atoms with E-state index in [0.29, 0.717) is 0 Å². The molecule has 0 bridgehead atoms. The van der Waals surface area contributed by atoms with Gasteiger partial charge in [0.2, 0.25) is 0 Å². The van der Waals surface area contributed by atoms with Gasteiger partial charge in [0.15, 0.2) is 0 Å². The van der Waals surface area contributed by atoms with Gasteiger partial charge < -0.3 is 0 Å². The van der Waals surface area contributed by atoms with Crippen LogP contribution in [0.5, 0.6) is 0 Å². The van der Waals surface area contributed by atoms with E-state index in [-0.39, 0.29) is 79.9 Å². The molecule has 0 atom stereocenters. The Balaban J connectivity index is 0. The summed E-state index contributed by atoms with van der Waals surface area (Å²) < 4.78 is 0. The normalized spacial score (nSPS) is 0. The van der Waals surface area contributed by atoms with Crippen LogP contribution in [0.3, 0.4) is 0 Å². The minimum Gasteiger partial charge on any atom is 0 e. The van der Waals surface area contributed by atoms with E-state index in [9.17, 15) is 0 Å². The SMILES string of the molecule is [Co].[Fe].[NaH].[Ni]. The maximum Gasteiger partial charge on any atom is 0 e. The molecule has 0 saturated carbocycles. The van der Waals surface area contributed by atoms with Crippen LogP contribution in [-0.2, 0) is 50.3 Å². The molecule has 0 aromatic heterocycles. The van der Waals surface area contributed by atoms with E-state index in [4.69, 9.17) is 0 Å². The first-order valence-corrected chi connectivity index (χ1v) is 0. The summed E-state index contributed by atoms with van der Waals surface area (Å²) in [5.74, 6) is 0. The van der Waals surface area contributed by atoms with Gasteiger partial charge >= 0.3 is 29.6 Å². The van der Waals surface area contributed by atoms with Gasteiger partial charge in [-0.15, -0.1) is 0 Å². The first-order valence-electron chi connectivity index (χ1n) is 0. The smallest absolute Gasteiger partial charge is 0 e. The molecule has 0 amide bonds. The molecule has 0 aromatic rings. The van der Waals surface area contributed by atoms with Crippen molar-refractivity contribution in [1.82, 2.24) is 0 Å². The molecule has 4 heteroatoms. The molecule has 0 N–H and O–H groups in total. The molecule has 0 aromatic carbocycles. The molecule has 1 radical (unpaired) electrons. The van der Waals surface area contributed by atoms with E-state index >= 15 is 0 Å². The van der Waals surface area contributed by atoms with Gasteiger partial charge in [0.25, 0.3) is 0 Å². The van der Waals surface area contributed by atoms with Gasteiger partial charge in [-0.2, -0.15) is 0 Å². The average molecular weight is 197 g/mol. The molecule has 0 rings (SSSR count). The zero-order valence-electron chi connectivity index (χ0n) is 1.00. The summed E-state index contributed by atoms with van der Waals surface area (Å²) in [6.45, 7) is 0. The Kier molecular flexibility index (Phi) is 139. The Hall–Kier alpha value is 2.52. The molecule has 0 fully saturated rings. The maximum atomic E-state index is 0. The predicted molar refractivity (Wildman–Crippen MR) is 7.15 cm³/mol. The second kappa shape index (κ2) is 17.8. The second-order valence-corrected chi connectivity index (χ2v) is 0. The third-order valence-electron chi connectivity index (χ3n) is 0. The molecule has 0 aliphatic carbocycles. The van der Waals surface area contributed by atoms with Crippen LogP contribution >= 0.6 is 0 Å². The van der Waals surface area contributed by atoms with Crippen molar-refractivity contribution >= 4 is 29.6 Å². The molecule has 0 saturated heterocycles. The summed E-state index contributed by atoms with van der Waals surface area (Å²) in [7, 11) is 0. The van der Waals surface area contributed by atoms with Gasteiger partial charge in [-0.05, 0) is 0 Å². The van der Waals surface area contributed by atoms with E-state index in [2.05, 4.69) is 0 Å². The zero-order chi connectivity index (χ0) is 0. The van der Waals surface area contributed by atoms with Gasteiger partial charge in [-0.3, -0.25) is 0 Å². The number of rotatable bonds is 0. The molecule has 0 nitrogen and oxygen atoms in total. The van der Waals surface area contributed by atoms with Gasteiger partial charge in [-0.25, -0.2) is 0 Å². The third kappa shape index (κ3) is 8.82. The molecular formula is HCoFeNaNi. The van der Waals surface area contributed by atoms with Crippen molar-refractivity contribution in [3.63, 3.8) is 0 Å². The van der Waals surface area contributed by atoms with Gasteiger partial charge in [-0.1, -0.05) is 0 Å². The minimum atomic E-state index is 0. The molecule has 0 aliphatic rings. The number of hydrogen-bond acceptors (Lipinski definition) is 0. The topological polar surface area (TPSA) is 0 Å². The Bertz CT molecular complexity index is 8.00. The fourth-order valence-corrected chi connectivity index (χ4v) is 0. The Morgan fingerprint density at radius 2 is 1.00 bits per heavy atom. The third-order valence-corrected chi connectivity index (χ3v) is 0. The Labute approximate surface area is 78.7 Å². The van der Waals surface area contributed by atoms with E-state index in [1.54, 1.807) is 0 Å². The molecule has 0 heterocycles. The molecule has 0 unspecified atom stereocenters. The summed E-state index contributed by atoms with van der Waals surface area (Å²) >= 11 is 0. The largest absolute Gasteiger partial charge is 0 e. The van der Waals surface area contributed by atoms with Gasteiger partial charge in [0.1, 0.15) is 0 Å². The Morgan fingerprint density at radius 3 is 1.00 bits per heavy atom. The fourth-order valence-electron chi connectivity index (χ4n) is 0. The summed E-state index contributed by atoms with van der Waals surface area (Å²) in [5.41, 5.74) is 0. The van der Waals surface area contributed by atoms with Crippen molar-refractivity contribution in [3.8, 4) is 0 Å². The second-order valence-electron chi connectivity index (χ2n) is 0. The zero-order valence-corrected chi connectivity index (χ0v) is 4.14. The first-order chi connectivity index (χ1) is 0. The summed E-state index contributed by atoms with van der Waals surface area (Å²) in [6, 6.07) is 0. The number of hydrogen-bond donors (Lipinski definition) is 0. The van der Waals surface area contributed by atoms with Crippen LogP contribution in [-0.4, -0.2) is 29.6 Å². The van der Waals surface area contributed by atoms with Crippen LogP contribution in [0.1, 0.15) is 0 Å². The summed E-state index contributed by atoms with van der Waals surface area (Å²) in [6.07, 6.45) is 0. The van der Waals surface area contributed by atoms with Crippen LogP contribution in [0.25, 0.3) is 0 Å². The van der Waals surface area contributed by atoms with Crippen LogP contribution < -0.4 is 0 Å². The van der Waals surface area contributed by atoms with Crippen molar-refractivity contribution in [2.24, 2.45) is 0 Å². The quantitative estimate of drug-likeness (QED) is 0.453. The summed E-state index contributed by atoms with van der Waals surface area (Å²) in [4.78, 5) is 0. The van der Waals surface area contributed by atoms with E-state index in [1.807, 2.05) is 0 Å². The molecule has 29 valence electrons. The fraction of sp³-hybridized carbons (Fsp3) is 0. The molecule has 0 spiro atoms. The van der Waals surface area contributed by atoms with Crippen molar-refractivity contribution < 1.29 is 50.3 Å². The van der Waals surface area contributed by atoms with Crippen molar-refractivity contribution in [2.75, 3.05) is 0 Å². The van der Waals surface area contributed by atoms with E-state index < -0.39 is 0 Å². The minimum absolute atomic E-state index is 0. The van der Waals surface area contributed by atoms with Gasteiger partial charge in [0, 0.05) is 50.3 Å². The monoisotopic (exact) mass is 197 g/mol. The molecule has 0 aliphatic heterocycles. The average Bonchev–Trinajstić information content (AvgIpc) is 0. The van der Waals surface area contributed by atoms with E-state index in [1.165, 1.54) is 0 Å². The first kappa shape index (κ1) is 31.3. The Morgan fingerprint density at radius 1 is 1.00 bits per heavy atom. The van der Waals surface area contributed by atoms with Crippen molar-refractivity contribution in [3.05, 3.63) is 0 Å². The van der Waals surface area contributed by atoms with Crippen LogP contribution in [0.15, 0.2) is 0 Å². The van der Waals surface area contributed by atoms with Crippen molar-refractivity contribution in [2.45, 2.75) is 0 Å². The van der Waals surface area contributed by atoms with Gasteiger partial charge in [0.05, 0.1) is 0 Å². The van der Waals surface area contributed by atoms with Crippen LogP contribution in [0, 0.1) is 0 Å². The van der Waals surface area contributed by atoms with Crippen molar-refractivity contribution in [1.29, 1.82) is 0 Å². The summed E-state index contributed by atoms with van der Waals surface area (Å²) in [5, 5.41) is 0. The van der Waals surface area contributed by atoms with Crippen LogP contribution in [0.4, 0.5) is 0 Å².